The summed E-state index contributed by atoms with van der Waals surface area (Å²) in [5.74, 6) is 0.635. The zero-order valence-corrected chi connectivity index (χ0v) is 12.2. The molecule has 0 N–H and O–H groups in total. The number of sulfone groups is 1. The Morgan fingerprint density at radius 2 is 2.06 bits per heavy atom. The highest BCUT2D eigenvalue weighted by Crippen LogP contribution is 2.26. The van der Waals surface area contributed by atoms with Crippen LogP contribution in [0.25, 0.3) is 10.2 Å². The lowest BCUT2D eigenvalue weighted by atomic mass is 10.1. The molecule has 1 atom stereocenters. The van der Waals surface area contributed by atoms with E-state index >= 15 is 0 Å². The average molecular weight is 283 g/mol. The van der Waals surface area contributed by atoms with Crippen molar-refractivity contribution in [1.82, 2.24) is 4.98 Å². The van der Waals surface area contributed by atoms with E-state index in [0.717, 1.165) is 16.6 Å². The quantitative estimate of drug-likeness (QED) is 0.843. The van der Waals surface area contributed by atoms with Crippen LogP contribution >= 0.6 is 11.3 Å². The zero-order chi connectivity index (χ0) is 13.2. The maximum absolute atomic E-state index is 12.2. The van der Waals surface area contributed by atoms with E-state index in [9.17, 15) is 8.42 Å². The van der Waals surface area contributed by atoms with E-state index in [1.807, 2.05) is 24.3 Å². The molecule has 2 aromatic rings. The summed E-state index contributed by atoms with van der Waals surface area (Å²) in [6.45, 7) is 4.16. The van der Waals surface area contributed by atoms with Gasteiger partial charge >= 0.3 is 0 Å². The van der Waals surface area contributed by atoms with E-state index in [1.54, 1.807) is 0 Å². The second kappa shape index (κ2) is 5.36. The normalized spacial score (nSPS) is 13.9. The highest BCUT2D eigenvalue weighted by Gasteiger charge is 2.20. The van der Waals surface area contributed by atoms with E-state index in [1.165, 1.54) is 11.3 Å². The summed E-state index contributed by atoms with van der Waals surface area (Å²) >= 11 is 1.26. The second-order valence-corrected chi connectivity index (χ2v) is 7.88. The van der Waals surface area contributed by atoms with Gasteiger partial charge in [-0.1, -0.05) is 32.4 Å². The van der Waals surface area contributed by atoms with Gasteiger partial charge in [0.1, 0.15) is 0 Å². The van der Waals surface area contributed by atoms with Gasteiger partial charge in [0.15, 0.2) is 0 Å². The number of benzene rings is 1. The Hall–Kier alpha value is -0.940. The maximum atomic E-state index is 12.2. The molecule has 3 nitrogen and oxygen atoms in total. The molecule has 5 heteroatoms. The Morgan fingerprint density at radius 3 is 2.72 bits per heavy atom. The molecule has 1 aromatic carbocycles. The van der Waals surface area contributed by atoms with Gasteiger partial charge in [-0.2, -0.15) is 0 Å². The van der Waals surface area contributed by atoms with Crippen molar-refractivity contribution in [2.45, 2.75) is 31.0 Å². The lowest BCUT2D eigenvalue weighted by Gasteiger charge is -2.06. The lowest BCUT2D eigenvalue weighted by molar-refractivity contribution is 0.532. The Balaban J connectivity index is 2.24. The number of thiazole rings is 1. The summed E-state index contributed by atoms with van der Waals surface area (Å²) in [6, 6.07) is 7.52. The summed E-state index contributed by atoms with van der Waals surface area (Å²) in [5.41, 5.74) is 0.768. The van der Waals surface area contributed by atoms with Gasteiger partial charge in [0, 0.05) is 0 Å². The number of fused-ring (bicyclic) bond motifs is 1. The Labute approximate surface area is 112 Å². The van der Waals surface area contributed by atoms with Gasteiger partial charge in [-0.15, -0.1) is 11.3 Å². The first kappa shape index (κ1) is 13.5. The Kier molecular flexibility index (Phi) is 4.02. The number of rotatable bonds is 5. The Bertz CT molecular complexity index is 598. The minimum absolute atomic E-state index is 0.196. The van der Waals surface area contributed by atoms with Crippen LogP contribution in [0.15, 0.2) is 28.6 Å². The van der Waals surface area contributed by atoms with Crippen LogP contribution in [0.2, 0.25) is 0 Å². The van der Waals surface area contributed by atoms with Gasteiger partial charge in [0.25, 0.3) is 0 Å². The molecule has 0 unspecified atom stereocenters. The van der Waals surface area contributed by atoms with E-state index in [0.29, 0.717) is 12.3 Å². The van der Waals surface area contributed by atoms with Gasteiger partial charge in [-0.05, 0) is 24.5 Å². The SMILES string of the molecule is CC[C@H](C)CCS(=O)(=O)c1nc2ccccc2s1. The van der Waals surface area contributed by atoms with Crippen molar-refractivity contribution < 1.29 is 8.42 Å². The fourth-order valence-electron chi connectivity index (χ4n) is 1.63. The van der Waals surface area contributed by atoms with Gasteiger partial charge in [-0.25, -0.2) is 13.4 Å². The smallest absolute Gasteiger partial charge is 0.210 e. The van der Waals surface area contributed by atoms with Crippen molar-refractivity contribution in [3.05, 3.63) is 24.3 Å². The molecule has 0 spiro atoms. The molecule has 0 radical (unpaired) electrons. The fraction of sp³-hybridized carbons (Fsp3) is 0.462. The molecule has 0 aliphatic rings. The van der Waals surface area contributed by atoms with Crippen molar-refractivity contribution in [1.29, 1.82) is 0 Å². The lowest BCUT2D eigenvalue weighted by Crippen LogP contribution is -2.09. The zero-order valence-electron chi connectivity index (χ0n) is 10.6. The third-order valence-corrected chi connectivity index (χ3v) is 6.36. The van der Waals surface area contributed by atoms with Crippen LogP contribution < -0.4 is 0 Å². The molecular weight excluding hydrogens is 266 g/mol. The number of nitrogens with zero attached hydrogens (tertiary/aromatic N) is 1. The number of para-hydroxylation sites is 1. The number of hydrogen-bond donors (Lipinski definition) is 0. The molecule has 98 valence electrons. The fourth-order valence-corrected chi connectivity index (χ4v) is 4.48. The molecule has 2 rings (SSSR count). The van der Waals surface area contributed by atoms with Crippen LogP contribution in [0.1, 0.15) is 26.7 Å². The van der Waals surface area contributed by atoms with E-state index in [4.69, 9.17) is 0 Å². The Morgan fingerprint density at radius 1 is 1.33 bits per heavy atom. The largest absolute Gasteiger partial charge is 0.225 e. The van der Waals surface area contributed by atoms with Crippen molar-refractivity contribution >= 4 is 31.4 Å². The van der Waals surface area contributed by atoms with E-state index in [2.05, 4.69) is 18.8 Å². The first-order valence-electron chi connectivity index (χ1n) is 6.11. The molecule has 18 heavy (non-hydrogen) atoms. The minimum Gasteiger partial charge on any atom is -0.225 e. The molecule has 0 amide bonds. The van der Waals surface area contributed by atoms with Crippen molar-refractivity contribution in [2.24, 2.45) is 5.92 Å². The highest BCUT2D eigenvalue weighted by molar-refractivity contribution is 7.93. The van der Waals surface area contributed by atoms with Crippen molar-refractivity contribution in [2.75, 3.05) is 5.75 Å². The van der Waals surface area contributed by atoms with Gasteiger partial charge in [0.2, 0.25) is 14.2 Å². The van der Waals surface area contributed by atoms with Crippen molar-refractivity contribution in [3.8, 4) is 0 Å². The number of aromatic nitrogens is 1. The standard InChI is InChI=1S/C13H17NO2S2/c1-3-10(2)8-9-18(15,16)13-14-11-6-4-5-7-12(11)17-13/h4-7,10H,3,8-9H2,1-2H3/t10-/m0/s1. The van der Waals surface area contributed by atoms with Gasteiger partial charge in [0.05, 0.1) is 16.0 Å². The van der Waals surface area contributed by atoms with Gasteiger partial charge < -0.3 is 0 Å². The molecule has 0 saturated heterocycles. The topological polar surface area (TPSA) is 47.0 Å². The van der Waals surface area contributed by atoms with Crippen LogP contribution in [-0.2, 0) is 9.84 Å². The first-order valence-corrected chi connectivity index (χ1v) is 8.58. The van der Waals surface area contributed by atoms with Crippen LogP contribution in [0.4, 0.5) is 0 Å². The molecule has 1 aromatic heterocycles. The summed E-state index contributed by atoms with van der Waals surface area (Å²) in [7, 11) is -3.22. The third-order valence-electron chi connectivity index (χ3n) is 3.12. The summed E-state index contributed by atoms with van der Waals surface area (Å²) in [6.07, 6.45) is 1.71. The predicted octanol–water partition coefficient (Wildman–Crippen LogP) is 3.51. The second-order valence-electron chi connectivity index (χ2n) is 4.57. The minimum atomic E-state index is -3.22. The molecule has 0 fully saturated rings. The maximum Gasteiger partial charge on any atom is 0.210 e. The molecule has 0 aliphatic carbocycles. The molecule has 0 aliphatic heterocycles. The third kappa shape index (κ3) is 2.90. The van der Waals surface area contributed by atoms with Crippen LogP contribution in [0.3, 0.4) is 0 Å². The van der Waals surface area contributed by atoms with Crippen LogP contribution in [0.5, 0.6) is 0 Å². The highest BCUT2D eigenvalue weighted by atomic mass is 32.2. The summed E-state index contributed by atoms with van der Waals surface area (Å²) in [5, 5.41) is 0. The molecular formula is C13H17NO2S2. The van der Waals surface area contributed by atoms with E-state index in [-0.39, 0.29) is 10.1 Å². The first-order chi connectivity index (χ1) is 8.53. The molecule has 0 saturated carbocycles. The van der Waals surface area contributed by atoms with Crippen molar-refractivity contribution in [3.63, 3.8) is 0 Å². The summed E-state index contributed by atoms with van der Waals surface area (Å²) < 4.78 is 25.5. The average Bonchev–Trinajstić information content (AvgIpc) is 2.80. The van der Waals surface area contributed by atoms with Crippen LogP contribution in [0, 0.1) is 5.92 Å². The predicted molar refractivity (Wildman–Crippen MR) is 75.7 cm³/mol. The van der Waals surface area contributed by atoms with Crippen LogP contribution in [-0.4, -0.2) is 19.2 Å². The van der Waals surface area contributed by atoms with E-state index < -0.39 is 9.84 Å². The number of hydrogen-bond acceptors (Lipinski definition) is 4. The van der Waals surface area contributed by atoms with Gasteiger partial charge in [-0.3, -0.25) is 0 Å². The monoisotopic (exact) mass is 283 g/mol. The summed E-state index contributed by atoms with van der Waals surface area (Å²) in [4.78, 5) is 4.22. The molecule has 1 heterocycles. The molecule has 0 bridgehead atoms.